The summed E-state index contributed by atoms with van der Waals surface area (Å²) < 4.78 is 15.7. The minimum absolute atomic E-state index is 0.0459. The highest BCUT2D eigenvalue weighted by atomic mass is 16.6. The third kappa shape index (κ3) is 7.84. The van der Waals surface area contributed by atoms with Crippen molar-refractivity contribution in [2.75, 3.05) is 24.4 Å². The molecule has 0 saturated carbocycles. The van der Waals surface area contributed by atoms with Gasteiger partial charge in [-0.2, -0.15) is 0 Å². The molecule has 0 aliphatic rings. The summed E-state index contributed by atoms with van der Waals surface area (Å²) in [5.41, 5.74) is 7.08. The van der Waals surface area contributed by atoms with E-state index in [9.17, 15) is 9.59 Å². The topological polar surface area (TPSA) is 103 Å². The lowest BCUT2D eigenvalue weighted by Crippen LogP contribution is -2.40. The number of hydrogen-bond donors (Lipinski definition) is 2. The normalized spacial score (nSPS) is 12.3. The summed E-state index contributed by atoms with van der Waals surface area (Å²) >= 11 is 0. The lowest BCUT2D eigenvalue weighted by molar-refractivity contribution is -0.144. The molecule has 0 saturated heterocycles. The van der Waals surface area contributed by atoms with Crippen molar-refractivity contribution in [1.82, 2.24) is 0 Å². The van der Waals surface area contributed by atoms with Crippen LogP contribution in [0.25, 0.3) is 0 Å². The molecular formula is C19H31N3O5. The average Bonchev–Trinajstić information content (AvgIpc) is 2.57. The van der Waals surface area contributed by atoms with Crippen molar-refractivity contribution in [2.24, 2.45) is 5.73 Å². The molecule has 1 amide bonds. The highest BCUT2D eigenvalue weighted by molar-refractivity contribution is 5.87. The van der Waals surface area contributed by atoms with Crippen LogP contribution in [0, 0.1) is 0 Å². The predicted octanol–water partition coefficient (Wildman–Crippen LogP) is 3.20. The first-order valence-corrected chi connectivity index (χ1v) is 8.87. The zero-order valence-corrected chi connectivity index (χ0v) is 17.0. The molecule has 1 aromatic rings. The van der Waals surface area contributed by atoms with E-state index < -0.39 is 18.0 Å². The Kier molecular flexibility index (Phi) is 8.52. The standard InChI is InChI=1S/C19H31N3O5/c1-7-8-16(23)26-12-13-9-10-14(22(5)17(20)25-6)11-15(13)21-18(24)27-19(2,3)4/h9-11,17H,7-8,12,20H2,1-6H3,(H,21,24). The Balaban J connectivity index is 3.06. The molecule has 0 aromatic heterocycles. The Labute approximate surface area is 160 Å². The van der Waals surface area contributed by atoms with Gasteiger partial charge in [-0.1, -0.05) is 13.0 Å². The number of carbonyl (C=O) groups is 2. The van der Waals surface area contributed by atoms with Crippen molar-refractivity contribution >= 4 is 23.4 Å². The summed E-state index contributed by atoms with van der Waals surface area (Å²) in [6, 6.07) is 5.30. The van der Waals surface area contributed by atoms with Gasteiger partial charge in [0.25, 0.3) is 0 Å². The van der Waals surface area contributed by atoms with Gasteiger partial charge >= 0.3 is 12.1 Å². The van der Waals surface area contributed by atoms with Gasteiger partial charge in [0, 0.05) is 31.8 Å². The fourth-order valence-corrected chi connectivity index (χ4v) is 2.18. The molecule has 1 rings (SSSR count). The number of hydrogen-bond acceptors (Lipinski definition) is 7. The van der Waals surface area contributed by atoms with Gasteiger partial charge in [0.05, 0.1) is 5.69 Å². The first kappa shape index (κ1) is 22.7. The lowest BCUT2D eigenvalue weighted by Gasteiger charge is -2.26. The quantitative estimate of drug-likeness (QED) is 0.526. The number of nitrogens with one attached hydrogen (secondary N) is 1. The monoisotopic (exact) mass is 381 g/mol. The molecule has 1 unspecified atom stereocenters. The minimum Gasteiger partial charge on any atom is -0.461 e. The summed E-state index contributed by atoms with van der Waals surface area (Å²) in [7, 11) is 3.27. The summed E-state index contributed by atoms with van der Waals surface area (Å²) in [6.45, 7) is 7.29. The van der Waals surface area contributed by atoms with Crippen LogP contribution in [0.1, 0.15) is 46.1 Å². The van der Waals surface area contributed by atoms with Crippen molar-refractivity contribution in [2.45, 2.75) is 59.1 Å². The second-order valence-electron chi connectivity index (χ2n) is 7.12. The first-order valence-electron chi connectivity index (χ1n) is 8.87. The van der Waals surface area contributed by atoms with E-state index in [2.05, 4.69) is 5.32 Å². The summed E-state index contributed by atoms with van der Waals surface area (Å²) in [6.07, 6.45) is -0.189. The van der Waals surface area contributed by atoms with E-state index in [1.165, 1.54) is 7.11 Å². The summed E-state index contributed by atoms with van der Waals surface area (Å²) in [4.78, 5) is 25.6. The fraction of sp³-hybridized carbons (Fsp3) is 0.579. The first-order chi connectivity index (χ1) is 12.6. The number of rotatable bonds is 8. The van der Waals surface area contributed by atoms with Crippen molar-refractivity contribution in [3.05, 3.63) is 23.8 Å². The maximum atomic E-state index is 12.2. The second-order valence-corrected chi connectivity index (χ2v) is 7.12. The van der Waals surface area contributed by atoms with E-state index in [-0.39, 0.29) is 12.6 Å². The molecule has 0 fully saturated rings. The van der Waals surface area contributed by atoms with Crippen LogP contribution in [0.2, 0.25) is 0 Å². The Morgan fingerprint density at radius 3 is 2.52 bits per heavy atom. The van der Waals surface area contributed by atoms with Crippen molar-refractivity contribution in [1.29, 1.82) is 0 Å². The van der Waals surface area contributed by atoms with Crippen LogP contribution < -0.4 is 16.0 Å². The average molecular weight is 381 g/mol. The Bertz CT molecular complexity index is 643. The molecule has 3 N–H and O–H groups in total. The molecule has 152 valence electrons. The van der Waals surface area contributed by atoms with Gasteiger partial charge in [0.15, 0.2) is 6.35 Å². The maximum absolute atomic E-state index is 12.2. The Morgan fingerprint density at radius 1 is 1.30 bits per heavy atom. The number of amides is 1. The molecule has 0 aliphatic heterocycles. The van der Waals surface area contributed by atoms with E-state index in [4.69, 9.17) is 19.9 Å². The van der Waals surface area contributed by atoms with E-state index in [1.807, 2.05) is 13.0 Å². The third-order valence-corrected chi connectivity index (χ3v) is 3.60. The van der Waals surface area contributed by atoms with Crippen molar-refractivity contribution in [3.8, 4) is 0 Å². The lowest BCUT2D eigenvalue weighted by atomic mass is 10.1. The zero-order chi connectivity index (χ0) is 20.6. The molecule has 8 heteroatoms. The Hall–Kier alpha value is -2.32. The van der Waals surface area contributed by atoms with E-state index >= 15 is 0 Å². The zero-order valence-electron chi connectivity index (χ0n) is 17.0. The van der Waals surface area contributed by atoms with Crippen molar-refractivity contribution < 1.29 is 23.8 Å². The number of nitrogens with two attached hydrogens (primary N) is 1. The van der Waals surface area contributed by atoms with Gasteiger partial charge in [0.1, 0.15) is 12.2 Å². The van der Waals surface area contributed by atoms with Gasteiger partial charge < -0.3 is 19.1 Å². The fourth-order valence-electron chi connectivity index (χ4n) is 2.18. The van der Waals surface area contributed by atoms with Crippen LogP contribution in [0.3, 0.4) is 0 Å². The van der Waals surface area contributed by atoms with Crippen LogP contribution in [-0.4, -0.2) is 38.2 Å². The summed E-state index contributed by atoms with van der Waals surface area (Å²) in [5.74, 6) is -0.289. The molecule has 8 nitrogen and oxygen atoms in total. The van der Waals surface area contributed by atoms with Crippen molar-refractivity contribution in [3.63, 3.8) is 0 Å². The molecule has 1 atom stereocenters. The largest absolute Gasteiger partial charge is 0.461 e. The van der Waals surface area contributed by atoms with Crippen LogP contribution in [0.4, 0.5) is 16.2 Å². The van der Waals surface area contributed by atoms with E-state index in [0.29, 0.717) is 24.1 Å². The molecular weight excluding hydrogens is 350 g/mol. The van der Waals surface area contributed by atoms with Gasteiger partial charge in [-0.3, -0.25) is 15.8 Å². The molecule has 1 aromatic carbocycles. The maximum Gasteiger partial charge on any atom is 0.412 e. The van der Waals surface area contributed by atoms with E-state index in [0.717, 1.165) is 5.69 Å². The molecule has 0 heterocycles. The minimum atomic E-state index is -0.646. The molecule has 0 spiro atoms. The predicted molar refractivity (Wildman–Crippen MR) is 104 cm³/mol. The third-order valence-electron chi connectivity index (χ3n) is 3.60. The van der Waals surface area contributed by atoms with Gasteiger partial charge in [-0.15, -0.1) is 0 Å². The SMILES string of the molecule is CCCC(=O)OCc1ccc(N(C)C(N)OC)cc1NC(=O)OC(C)(C)C. The highest BCUT2D eigenvalue weighted by Gasteiger charge is 2.19. The second kappa shape index (κ2) is 10.1. The number of benzene rings is 1. The van der Waals surface area contributed by atoms with Gasteiger partial charge in [-0.05, 0) is 39.3 Å². The Morgan fingerprint density at radius 2 is 1.96 bits per heavy atom. The molecule has 0 radical (unpaired) electrons. The summed E-state index contributed by atoms with van der Waals surface area (Å²) in [5, 5.41) is 2.71. The number of anilines is 2. The molecule has 0 aliphatic carbocycles. The number of ether oxygens (including phenoxy) is 3. The van der Waals surface area contributed by atoms with Crippen LogP contribution in [0.5, 0.6) is 0 Å². The number of methoxy groups -OCH3 is 1. The number of esters is 1. The van der Waals surface area contributed by atoms with Crippen LogP contribution in [0.15, 0.2) is 18.2 Å². The van der Waals surface area contributed by atoms with Crippen LogP contribution >= 0.6 is 0 Å². The smallest absolute Gasteiger partial charge is 0.412 e. The van der Waals surface area contributed by atoms with Gasteiger partial charge in [0.2, 0.25) is 0 Å². The number of nitrogens with zero attached hydrogens (tertiary/aromatic N) is 1. The molecule has 0 bridgehead atoms. The molecule has 27 heavy (non-hydrogen) atoms. The van der Waals surface area contributed by atoms with Gasteiger partial charge in [-0.25, -0.2) is 4.79 Å². The van der Waals surface area contributed by atoms with Crippen LogP contribution in [-0.2, 0) is 25.6 Å². The highest BCUT2D eigenvalue weighted by Crippen LogP contribution is 2.25. The van der Waals surface area contributed by atoms with E-state index in [1.54, 1.807) is 44.9 Å². The number of carbonyl (C=O) groups excluding carboxylic acids is 2.